The first kappa shape index (κ1) is 24.3. The maximum absolute atomic E-state index is 12.7. The number of rotatable bonds is 11. The van der Waals surface area contributed by atoms with Crippen LogP contribution in [0, 0.1) is 0 Å². The number of carbonyl (C=O) groups is 1. The second kappa shape index (κ2) is 9.88. The maximum Gasteiger partial charge on any atom is 0.243 e. The normalized spacial score (nSPS) is 12.6. The summed E-state index contributed by atoms with van der Waals surface area (Å²) in [6.45, 7) is 6.02. The van der Waals surface area contributed by atoms with E-state index >= 15 is 0 Å². The monoisotopic (exact) mass is 458 g/mol. The summed E-state index contributed by atoms with van der Waals surface area (Å²) in [6.07, 6.45) is 0.517. The zero-order valence-corrected chi connectivity index (χ0v) is 19.5. The van der Waals surface area contributed by atoms with Gasteiger partial charge in [0.25, 0.3) is 0 Å². The summed E-state index contributed by atoms with van der Waals surface area (Å²) in [4.78, 5) is 16.7. The van der Waals surface area contributed by atoms with Crippen LogP contribution in [0.2, 0.25) is 0 Å². The third-order valence-electron chi connectivity index (χ3n) is 5.04. The minimum atomic E-state index is -3.58. The van der Waals surface area contributed by atoms with E-state index in [1.54, 1.807) is 39.0 Å². The summed E-state index contributed by atoms with van der Waals surface area (Å²) in [5, 5.41) is 2.61. The van der Waals surface area contributed by atoms with Gasteiger partial charge in [-0.1, -0.05) is 20.8 Å². The number of carbonyl (C=O) groups excluding carboxylic acids is 1. The van der Waals surface area contributed by atoms with Crippen LogP contribution in [-0.2, 0) is 38.1 Å². The molecule has 0 aliphatic rings. The van der Waals surface area contributed by atoms with E-state index in [9.17, 15) is 21.6 Å². The van der Waals surface area contributed by atoms with E-state index in [0.29, 0.717) is 30.9 Å². The van der Waals surface area contributed by atoms with Crippen molar-refractivity contribution in [1.82, 2.24) is 19.2 Å². The predicted octanol–water partition coefficient (Wildman–Crippen LogP) is 1.09. The van der Waals surface area contributed by atoms with E-state index in [2.05, 4.69) is 10.3 Å². The van der Waals surface area contributed by atoms with Gasteiger partial charge < -0.3 is 9.88 Å². The first-order valence-corrected chi connectivity index (χ1v) is 13.2. The lowest BCUT2D eigenvalue weighted by molar-refractivity contribution is -0.120. The van der Waals surface area contributed by atoms with Crippen LogP contribution in [0.25, 0.3) is 11.0 Å². The molecule has 0 saturated heterocycles. The number of aryl methyl sites for hydroxylation is 2. The molecule has 30 heavy (non-hydrogen) atoms. The second-order valence-corrected chi connectivity index (χ2v) is 11.3. The largest absolute Gasteiger partial charge is 0.355 e. The number of nitrogens with one attached hydrogen (secondary N) is 1. The van der Waals surface area contributed by atoms with Crippen molar-refractivity contribution in [3.8, 4) is 0 Å². The molecule has 9 nitrogen and oxygen atoms in total. The van der Waals surface area contributed by atoms with Crippen LogP contribution in [-0.4, -0.2) is 67.7 Å². The molecule has 0 unspecified atom stereocenters. The molecule has 11 heteroatoms. The molecule has 1 amide bonds. The molecule has 0 aliphatic heterocycles. The number of sulfone groups is 1. The quantitative estimate of drug-likeness (QED) is 0.538. The zero-order valence-electron chi connectivity index (χ0n) is 17.9. The van der Waals surface area contributed by atoms with Crippen molar-refractivity contribution in [2.75, 3.05) is 31.1 Å². The molecule has 0 spiro atoms. The Labute approximate surface area is 178 Å². The number of nitrogens with zero attached hydrogens (tertiary/aromatic N) is 3. The number of imidazole rings is 1. The zero-order chi connectivity index (χ0) is 22.5. The van der Waals surface area contributed by atoms with Crippen molar-refractivity contribution < 1.29 is 21.6 Å². The number of hydrogen-bond donors (Lipinski definition) is 1. The fourth-order valence-corrected chi connectivity index (χ4v) is 5.31. The van der Waals surface area contributed by atoms with Gasteiger partial charge in [-0.2, -0.15) is 4.31 Å². The number of benzene rings is 1. The number of amides is 1. The van der Waals surface area contributed by atoms with E-state index < -0.39 is 19.9 Å². The molecule has 2 aromatic rings. The van der Waals surface area contributed by atoms with E-state index in [1.807, 2.05) is 11.6 Å². The maximum atomic E-state index is 12.7. The van der Waals surface area contributed by atoms with Gasteiger partial charge in [-0.05, 0) is 18.2 Å². The fourth-order valence-electron chi connectivity index (χ4n) is 3.13. The molecular weight excluding hydrogens is 428 g/mol. The lowest BCUT2D eigenvalue weighted by Crippen LogP contribution is -2.30. The third kappa shape index (κ3) is 5.58. The molecular formula is C19H30N4O5S2. The Hall–Kier alpha value is -1.98. The van der Waals surface area contributed by atoms with Gasteiger partial charge in [0.2, 0.25) is 15.9 Å². The van der Waals surface area contributed by atoms with Crippen LogP contribution in [0.15, 0.2) is 23.1 Å². The highest BCUT2D eigenvalue weighted by atomic mass is 32.2. The SMILES string of the molecule is CCN(CC)S(=O)(=O)c1ccc2c(c1)nc(CCC(=O)NCCS(=O)(=O)CC)n2C. The van der Waals surface area contributed by atoms with Crippen molar-refractivity contribution in [1.29, 1.82) is 0 Å². The Morgan fingerprint density at radius 1 is 1.13 bits per heavy atom. The Morgan fingerprint density at radius 2 is 1.80 bits per heavy atom. The number of sulfonamides is 1. The van der Waals surface area contributed by atoms with Gasteiger partial charge in [0.1, 0.15) is 5.82 Å². The predicted molar refractivity (Wildman–Crippen MR) is 116 cm³/mol. The highest BCUT2D eigenvalue weighted by molar-refractivity contribution is 7.91. The smallest absolute Gasteiger partial charge is 0.243 e. The van der Waals surface area contributed by atoms with Gasteiger partial charge in [0.05, 0.1) is 21.7 Å². The highest BCUT2D eigenvalue weighted by Gasteiger charge is 2.22. The summed E-state index contributed by atoms with van der Waals surface area (Å²) in [5.41, 5.74) is 1.33. The Bertz CT molecular complexity index is 1100. The van der Waals surface area contributed by atoms with Crippen molar-refractivity contribution >= 4 is 36.8 Å². The van der Waals surface area contributed by atoms with Gasteiger partial charge in [-0.25, -0.2) is 21.8 Å². The molecule has 2 rings (SSSR count). The molecule has 0 saturated carbocycles. The van der Waals surface area contributed by atoms with E-state index in [4.69, 9.17) is 0 Å². The molecule has 0 atom stereocenters. The molecule has 1 N–H and O–H groups in total. The molecule has 1 heterocycles. The van der Waals surface area contributed by atoms with E-state index in [0.717, 1.165) is 5.52 Å². The summed E-state index contributed by atoms with van der Waals surface area (Å²) < 4.78 is 51.6. The molecule has 1 aromatic carbocycles. The van der Waals surface area contributed by atoms with Gasteiger partial charge >= 0.3 is 0 Å². The van der Waals surface area contributed by atoms with Crippen LogP contribution in [0.5, 0.6) is 0 Å². The average molecular weight is 459 g/mol. The molecule has 1 aromatic heterocycles. The standard InChI is InChI=1S/C19H30N4O5S2/c1-5-23(6-2)30(27,28)15-8-9-17-16(14-15)21-18(22(17)4)10-11-19(24)20-12-13-29(25,26)7-3/h8-9,14H,5-7,10-13H2,1-4H3,(H,20,24). The number of hydrogen-bond acceptors (Lipinski definition) is 6. The Balaban J connectivity index is 2.11. The van der Waals surface area contributed by atoms with Crippen molar-refractivity contribution in [3.63, 3.8) is 0 Å². The minimum absolute atomic E-state index is 0.0503. The van der Waals surface area contributed by atoms with Gasteiger partial charge in [-0.3, -0.25) is 4.79 Å². The van der Waals surface area contributed by atoms with Gasteiger partial charge in [-0.15, -0.1) is 0 Å². The van der Waals surface area contributed by atoms with Crippen molar-refractivity contribution in [3.05, 3.63) is 24.0 Å². The topological polar surface area (TPSA) is 118 Å². The molecule has 0 aliphatic carbocycles. The number of aromatic nitrogens is 2. The number of fused-ring (bicyclic) bond motifs is 1. The average Bonchev–Trinajstić information content (AvgIpc) is 3.02. The first-order chi connectivity index (χ1) is 14.1. The first-order valence-electron chi connectivity index (χ1n) is 9.98. The van der Waals surface area contributed by atoms with Crippen LogP contribution in [0.3, 0.4) is 0 Å². The fraction of sp³-hybridized carbons (Fsp3) is 0.579. The van der Waals surface area contributed by atoms with Gasteiger partial charge in [0.15, 0.2) is 9.84 Å². The third-order valence-corrected chi connectivity index (χ3v) is 8.79. The highest BCUT2D eigenvalue weighted by Crippen LogP contribution is 2.22. The van der Waals surface area contributed by atoms with Crippen molar-refractivity contribution in [2.24, 2.45) is 7.05 Å². The van der Waals surface area contributed by atoms with Crippen LogP contribution < -0.4 is 5.32 Å². The van der Waals surface area contributed by atoms with Crippen LogP contribution >= 0.6 is 0 Å². The van der Waals surface area contributed by atoms with Crippen LogP contribution in [0.1, 0.15) is 33.0 Å². The second-order valence-electron chi connectivity index (χ2n) is 6.91. The van der Waals surface area contributed by atoms with E-state index in [-0.39, 0.29) is 35.3 Å². The summed E-state index contributed by atoms with van der Waals surface area (Å²) in [5.74, 6) is 0.372. The summed E-state index contributed by atoms with van der Waals surface area (Å²) in [6, 6.07) is 4.85. The van der Waals surface area contributed by atoms with Crippen LogP contribution in [0.4, 0.5) is 0 Å². The molecule has 0 bridgehead atoms. The Kier molecular flexibility index (Phi) is 8.00. The lowest BCUT2D eigenvalue weighted by Gasteiger charge is -2.18. The molecule has 168 valence electrons. The summed E-state index contributed by atoms with van der Waals surface area (Å²) in [7, 11) is -4.88. The Morgan fingerprint density at radius 3 is 2.40 bits per heavy atom. The van der Waals surface area contributed by atoms with Gasteiger partial charge in [0, 0.05) is 45.3 Å². The summed E-state index contributed by atoms with van der Waals surface area (Å²) >= 11 is 0. The molecule has 0 fully saturated rings. The van der Waals surface area contributed by atoms with Crippen molar-refractivity contribution in [2.45, 2.75) is 38.5 Å². The van der Waals surface area contributed by atoms with E-state index in [1.165, 1.54) is 4.31 Å². The lowest BCUT2D eigenvalue weighted by atomic mass is 10.3. The molecule has 0 radical (unpaired) electrons. The minimum Gasteiger partial charge on any atom is -0.355 e.